The number of thiazole rings is 1. The highest BCUT2D eigenvalue weighted by Gasteiger charge is 2.31. The summed E-state index contributed by atoms with van der Waals surface area (Å²) in [5.74, 6) is -0.238. The molecule has 3 aromatic rings. The first-order valence-corrected chi connectivity index (χ1v) is 9.72. The SMILES string of the molecule is Cc1sc(N(CCc2cccc(OC(F)(F)F)c2)Cc2ccccc2)nc1C=O. The molecule has 0 N–H and O–H groups in total. The number of ether oxygens (including phenoxy) is 1. The maximum absolute atomic E-state index is 12.5. The molecule has 0 saturated heterocycles. The lowest BCUT2D eigenvalue weighted by molar-refractivity contribution is -0.274. The number of carbonyl (C=O) groups excluding carboxylic acids is 1. The number of alkyl halides is 3. The highest BCUT2D eigenvalue weighted by Crippen LogP contribution is 2.27. The number of aryl methyl sites for hydroxylation is 1. The van der Waals surface area contributed by atoms with Gasteiger partial charge in [0, 0.05) is 18.0 Å². The van der Waals surface area contributed by atoms with Gasteiger partial charge in [0.2, 0.25) is 0 Å². The van der Waals surface area contributed by atoms with E-state index in [9.17, 15) is 18.0 Å². The highest BCUT2D eigenvalue weighted by atomic mass is 32.1. The van der Waals surface area contributed by atoms with Crippen LogP contribution in [0.15, 0.2) is 54.6 Å². The topological polar surface area (TPSA) is 42.4 Å². The van der Waals surface area contributed by atoms with Crippen LogP contribution in [0.1, 0.15) is 26.5 Å². The van der Waals surface area contributed by atoms with Gasteiger partial charge in [0.25, 0.3) is 0 Å². The molecular weight excluding hydrogens is 401 g/mol. The summed E-state index contributed by atoms with van der Waals surface area (Å²) in [5, 5.41) is 0.705. The number of aldehydes is 1. The average Bonchev–Trinajstić information content (AvgIpc) is 3.05. The third-order valence-corrected chi connectivity index (χ3v) is 5.27. The fourth-order valence-electron chi connectivity index (χ4n) is 2.85. The van der Waals surface area contributed by atoms with Crippen LogP contribution in [0.3, 0.4) is 0 Å². The standard InChI is InChI=1S/C21H19F3N2O2S/c1-15-19(14-27)25-20(29-15)26(13-17-6-3-2-4-7-17)11-10-16-8-5-9-18(12-16)28-21(22,23)24/h2-9,12,14H,10-11,13H2,1H3. The first kappa shape index (κ1) is 20.9. The Labute approximate surface area is 170 Å². The van der Waals surface area contributed by atoms with Crippen molar-refractivity contribution in [1.82, 2.24) is 4.98 Å². The van der Waals surface area contributed by atoms with Crippen LogP contribution in [0.4, 0.5) is 18.3 Å². The van der Waals surface area contributed by atoms with E-state index in [0.29, 0.717) is 35.9 Å². The van der Waals surface area contributed by atoms with Gasteiger partial charge in [-0.2, -0.15) is 0 Å². The third-order valence-electron chi connectivity index (χ3n) is 4.22. The zero-order chi connectivity index (χ0) is 20.9. The largest absolute Gasteiger partial charge is 0.573 e. The Morgan fingerprint density at radius 3 is 2.48 bits per heavy atom. The summed E-state index contributed by atoms with van der Waals surface area (Å²) in [6, 6.07) is 15.8. The summed E-state index contributed by atoms with van der Waals surface area (Å²) in [5.41, 5.74) is 2.19. The van der Waals surface area contributed by atoms with Gasteiger partial charge in [0.1, 0.15) is 11.4 Å². The van der Waals surface area contributed by atoms with Crippen molar-refractivity contribution in [3.8, 4) is 5.75 Å². The predicted octanol–water partition coefficient (Wildman–Crippen LogP) is 5.41. The molecule has 0 spiro atoms. The van der Waals surface area contributed by atoms with E-state index in [-0.39, 0.29) is 5.75 Å². The maximum atomic E-state index is 12.5. The lowest BCUT2D eigenvalue weighted by atomic mass is 10.1. The molecule has 0 radical (unpaired) electrons. The molecule has 0 atom stereocenters. The second-order valence-corrected chi connectivity index (χ2v) is 7.59. The number of anilines is 1. The Morgan fingerprint density at radius 2 is 1.83 bits per heavy atom. The van der Waals surface area contributed by atoms with Crippen molar-refractivity contribution >= 4 is 22.8 Å². The Morgan fingerprint density at radius 1 is 1.10 bits per heavy atom. The van der Waals surface area contributed by atoms with Gasteiger partial charge in [-0.3, -0.25) is 4.79 Å². The van der Waals surface area contributed by atoms with E-state index in [1.807, 2.05) is 42.2 Å². The Hall–Kier alpha value is -2.87. The molecule has 8 heteroatoms. The number of nitrogens with zero attached hydrogens (tertiary/aromatic N) is 2. The second-order valence-electron chi connectivity index (χ2n) is 6.41. The van der Waals surface area contributed by atoms with Crippen LogP contribution in [0.5, 0.6) is 5.75 Å². The van der Waals surface area contributed by atoms with Crippen molar-refractivity contribution in [3.63, 3.8) is 0 Å². The molecule has 0 bridgehead atoms. The first-order chi connectivity index (χ1) is 13.8. The number of hydrogen-bond acceptors (Lipinski definition) is 5. The lowest BCUT2D eigenvalue weighted by Gasteiger charge is -2.22. The molecule has 1 heterocycles. The second kappa shape index (κ2) is 9.09. The van der Waals surface area contributed by atoms with E-state index in [1.165, 1.54) is 29.5 Å². The fraction of sp³-hybridized carbons (Fsp3) is 0.238. The number of aromatic nitrogens is 1. The summed E-state index contributed by atoms with van der Waals surface area (Å²) in [6.07, 6.45) is -3.49. The van der Waals surface area contributed by atoms with Gasteiger partial charge >= 0.3 is 6.36 Å². The van der Waals surface area contributed by atoms with Crippen LogP contribution in [0.25, 0.3) is 0 Å². The van der Waals surface area contributed by atoms with Crippen molar-refractivity contribution in [2.45, 2.75) is 26.3 Å². The fourth-order valence-corrected chi connectivity index (χ4v) is 3.75. The van der Waals surface area contributed by atoms with Gasteiger partial charge in [-0.05, 0) is 36.6 Å². The Kier molecular flexibility index (Phi) is 6.53. The number of benzene rings is 2. The van der Waals surface area contributed by atoms with Gasteiger partial charge in [-0.15, -0.1) is 24.5 Å². The first-order valence-electron chi connectivity index (χ1n) is 8.90. The van der Waals surface area contributed by atoms with Gasteiger partial charge in [0.05, 0.1) is 0 Å². The molecule has 4 nitrogen and oxygen atoms in total. The molecule has 2 aromatic carbocycles. The van der Waals surface area contributed by atoms with Crippen LogP contribution < -0.4 is 9.64 Å². The summed E-state index contributed by atoms with van der Waals surface area (Å²) in [4.78, 5) is 18.4. The normalized spacial score (nSPS) is 11.3. The van der Waals surface area contributed by atoms with Crippen LogP contribution in [-0.2, 0) is 13.0 Å². The molecular formula is C21H19F3N2O2S. The lowest BCUT2D eigenvalue weighted by Crippen LogP contribution is -2.25. The van der Waals surface area contributed by atoms with Crippen molar-refractivity contribution < 1.29 is 22.7 Å². The summed E-state index contributed by atoms with van der Waals surface area (Å²) in [7, 11) is 0. The van der Waals surface area contributed by atoms with Crippen LogP contribution in [-0.4, -0.2) is 24.2 Å². The maximum Gasteiger partial charge on any atom is 0.573 e. The average molecular weight is 420 g/mol. The summed E-state index contributed by atoms with van der Waals surface area (Å²) >= 11 is 1.42. The number of hydrogen-bond donors (Lipinski definition) is 0. The molecule has 0 saturated carbocycles. The number of halogens is 3. The van der Waals surface area contributed by atoms with Crippen LogP contribution in [0, 0.1) is 6.92 Å². The molecule has 3 rings (SSSR count). The number of rotatable bonds is 8. The molecule has 0 aliphatic heterocycles. The van der Waals surface area contributed by atoms with Gasteiger partial charge < -0.3 is 9.64 Å². The van der Waals surface area contributed by atoms with E-state index in [1.54, 1.807) is 6.07 Å². The molecule has 152 valence electrons. The van der Waals surface area contributed by atoms with E-state index >= 15 is 0 Å². The van der Waals surface area contributed by atoms with Crippen molar-refractivity contribution in [2.75, 3.05) is 11.4 Å². The van der Waals surface area contributed by atoms with E-state index < -0.39 is 6.36 Å². The van der Waals surface area contributed by atoms with Gasteiger partial charge in [0.15, 0.2) is 11.4 Å². The molecule has 0 fully saturated rings. The van der Waals surface area contributed by atoms with E-state index in [4.69, 9.17) is 0 Å². The van der Waals surface area contributed by atoms with Crippen LogP contribution in [0.2, 0.25) is 0 Å². The van der Waals surface area contributed by atoms with Crippen molar-refractivity contribution in [3.05, 3.63) is 76.3 Å². The molecule has 0 amide bonds. The zero-order valence-electron chi connectivity index (χ0n) is 15.6. The molecule has 0 aliphatic carbocycles. The molecule has 29 heavy (non-hydrogen) atoms. The molecule has 0 unspecified atom stereocenters. The minimum atomic E-state index is -4.72. The van der Waals surface area contributed by atoms with E-state index in [0.717, 1.165) is 16.7 Å². The predicted molar refractivity (Wildman–Crippen MR) is 107 cm³/mol. The van der Waals surface area contributed by atoms with Gasteiger partial charge in [-0.1, -0.05) is 42.5 Å². The van der Waals surface area contributed by atoms with Crippen molar-refractivity contribution in [2.24, 2.45) is 0 Å². The minimum Gasteiger partial charge on any atom is -0.406 e. The Bertz CT molecular complexity index is 958. The Balaban J connectivity index is 1.78. The molecule has 1 aromatic heterocycles. The monoisotopic (exact) mass is 420 g/mol. The summed E-state index contributed by atoms with van der Waals surface area (Å²) in [6.45, 7) is 2.93. The third kappa shape index (κ3) is 6.05. The smallest absolute Gasteiger partial charge is 0.406 e. The molecule has 0 aliphatic rings. The van der Waals surface area contributed by atoms with Crippen LogP contribution >= 0.6 is 11.3 Å². The quantitative estimate of drug-likeness (QED) is 0.457. The summed E-state index contributed by atoms with van der Waals surface area (Å²) < 4.78 is 41.4. The minimum absolute atomic E-state index is 0.238. The van der Waals surface area contributed by atoms with Gasteiger partial charge in [-0.25, -0.2) is 4.98 Å². The zero-order valence-corrected chi connectivity index (χ0v) is 16.5. The highest BCUT2D eigenvalue weighted by molar-refractivity contribution is 7.15. The van der Waals surface area contributed by atoms with E-state index in [2.05, 4.69) is 9.72 Å². The number of carbonyl (C=O) groups is 1. The van der Waals surface area contributed by atoms with Crippen molar-refractivity contribution in [1.29, 1.82) is 0 Å².